The molecule has 192 valence electrons. The average molecular weight is 507 g/mol. The summed E-state index contributed by atoms with van der Waals surface area (Å²) < 4.78 is 11.5. The number of urea groups is 1. The van der Waals surface area contributed by atoms with Gasteiger partial charge in [-0.2, -0.15) is 0 Å². The molecule has 0 radical (unpaired) electrons. The van der Waals surface area contributed by atoms with Crippen LogP contribution in [0.2, 0.25) is 0 Å². The first-order valence-corrected chi connectivity index (χ1v) is 12.2. The second kappa shape index (κ2) is 8.48. The Kier molecular flexibility index (Phi) is 5.34. The van der Waals surface area contributed by atoms with Crippen molar-refractivity contribution >= 4 is 23.9 Å². The van der Waals surface area contributed by atoms with Crippen molar-refractivity contribution in [2.24, 2.45) is 5.41 Å². The Morgan fingerprint density at radius 3 is 2.24 bits per heavy atom. The van der Waals surface area contributed by atoms with Crippen molar-refractivity contribution < 1.29 is 33.8 Å². The van der Waals surface area contributed by atoms with Gasteiger partial charge in [-0.15, -0.1) is 0 Å². The van der Waals surface area contributed by atoms with Crippen LogP contribution < -0.4 is 20.1 Å². The minimum atomic E-state index is -1.73. The first kappa shape index (κ1) is 23.3. The van der Waals surface area contributed by atoms with E-state index in [1.165, 1.54) is 4.90 Å². The Morgan fingerprint density at radius 1 is 0.946 bits per heavy atom. The number of imide groups is 2. The molecule has 0 aliphatic carbocycles. The number of carbonyl (C=O) groups excluding carboxylic acids is 3. The van der Waals surface area contributed by atoms with Crippen LogP contribution in [0.4, 0.5) is 9.59 Å². The highest BCUT2D eigenvalue weighted by Gasteiger charge is 2.58. The zero-order valence-electron chi connectivity index (χ0n) is 20.0. The summed E-state index contributed by atoms with van der Waals surface area (Å²) in [5, 5.41) is 13.7. The predicted molar refractivity (Wildman–Crippen MR) is 128 cm³/mol. The molecule has 4 aliphatic heterocycles. The van der Waals surface area contributed by atoms with Crippen LogP contribution in [0.25, 0.3) is 0 Å². The number of fused-ring (bicyclic) bond motifs is 1. The predicted octanol–water partition coefficient (Wildman–Crippen LogP) is 2.05. The van der Waals surface area contributed by atoms with Crippen LogP contribution in [0.3, 0.4) is 0 Å². The molecule has 0 unspecified atom stereocenters. The van der Waals surface area contributed by atoms with Crippen LogP contribution in [0.5, 0.6) is 17.2 Å². The second-order valence-electron chi connectivity index (χ2n) is 10.1. The van der Waals surface area contributed by atoms with Crippen LogP contribution in [-0.2, 0) is 21.5 Å². The summed E-state index contributed by atoms with van der Waals surface area (Å²) in [6.45, 7) is 2.34. The van der Waals surface area contributed by atoms with E-state index in [2.05, 4.69) is 10.6 Å². The van der Waals surface area contributed by atoms with E-state index in [0.29, 0.717) is 62.7 Å². The lowest BCUT2D eigenvalue weighted by molar-refractivity contribution is -0.152. The first-order chi connectivity index (χ1) is 17.8. The lowest BCUT2D eigenvalue weighted by atomic mass is 9.70. The summed E-state index contributed by atoms with van der Waals surface area (Å²) in [5.41, 5.74) is -0.378. The van der Waals surface area contributed by atoms with E-state index >= 15 is 0 Å². The third kappa shape index (κ3) is 3.77. The fourth-order valence-electron chi connectivity index (χ4n) is 5.91. The van der Waals surface area contributed by atoms with Crippen molar-refractivity contribution in [3.05, 3.63) is 53.6 Å². The number of carboxylic acid groups (broad SMARTS) is 1. The van der Waals surface area contributed by atoms with Crippen LogP contribution in [0.15, 0.2) is 42.5 Å². The molecule has 2 aromatic rings. The Balaban J connectivity index is 1.25. The van der Waals surface area contributed by atoms with E-state index in [9.17, 15) is 24.3 Å². The zero-order chi connectivity index (χ0) is 25.8. The maximum atomic E-state index is 13.3. The van der Waals surface area contributed by atoms with Gasteiger partial charge in [0.25, 0.3) is 11.8 Å². The van der Waals surface area contributed by atoms with Gasteiger partial charge in [0.15, 0.2) is 0 Å². The van der Waals surface area contributed by atoms with Gasteiger partial charge in [0.2, 0.25) is 5.54 Å². The van der Waals surface area contributed by atoms with Crippen LogP contribution in [-0.4, -0.2) is 71.6 Å². The van der Waals surface area contributed by atoms with Gasteiger partial charge >= 0.3 is 12.1 Å². The Hall–Kier alpha value is -4.12. The summed E-state index contributed by atoms with van der Waals surface area (Å²) in [4.78, 5) is 53.0. The molecule has 6 rings (SSSR count). The number of nitrogens with zero attached hydrogens (tertiary/aromatic N) is 2. The normalized spacial score (nSPS) is 21.9. The van der Waals surface area contributed by atoms with Gasteiger partial charge in [-0.05, 0) is 48.7 Å². The highest BCUT2D eigenvalue weighted by molar-refractivity contribution is 6.22. The van der Waals surface area contributed by atoms with Crippen LogP contribution in [0, 0.1) is 5.41 Å². The number of carbonyl (C=O) groups is 4. The second-order valence-corrected chi connectivity index (χ2v) is 10.1. The number of nitrogens with one attached hydrogen (secondary N) is 2. The van der Waals surface area contributed by atoms with Gasteiger partial charge in [-0.3, -0.25) is 25.1 Å². The lowest BCUT2D eigenvalue weighted by Gasteiger charge is -2.55. The summed E-state index contributed by atoms with van der Waals surface area (Å²) in [7, 11) is 0. The van der Waals surface area contributed by atoms with E-state index < -0.39 is 29.5 Å². The molecule has 3 N–H and O–H groups in total. The van der Waals surface area contributed by atoms with Gasteiger partial charge in [0, 0.05) is 43.6 Å². The molecule has 2 aromatic carbocycles. The van der Waals surface area contributed by atoms with E-state index in [4.69, 9.17) is 9.47 Å². The fraction of sp³-hybridized carbons (Fsp3) is 0.385. The van der Waals surface area contributed by atoms with Crippen LogP contribution in [0.1, 0.15) is 24.0 Å². The molecule has 5 amide bonds. The maximum absolute atomic E-state index is 13.3. The summed E-state index contributed by atoms with van der Waals surface area (Å²) in [6, 6.07) is 11.5. The van der Waals surface area contributed by atoms with Gasteiger partial charge in [-0.25, -0.2) is 9.59 Å². The van der Waals surface area contributed by atoms with Crippen molar-refractivity contribution in [3.63, 3.8) is 0 Å². The minimum absolute atomic E-state index is 0.147. The molecule has 0 bridgehead atoms. The molecule has 11 heteroatoms. The molecule has 3 fully saturated rings. The average Bonchev–Trinajstić information content (AvgIpc) is 3.31. The topological polar surface area (TPSA) is 138 Å². The number of benzene rings is 2. The largest absolute Gasteiger partial charge is 0.493 e. The SMILES string of the molecule is O=C1NC(=O)C(c2ccc(Oc3ccc4c(c3)CCO4)cc2)(N2CCC3(CC2)CN(C(=O)O)C3)C(=O)N1. The summed E-state index contributed by atoms with van der Waals surface area (Å²) in [6.07, 6.45) is 1.15. The number of likely N-dealkylation sites (tertiary alicyclic amines) is 2. The fourth-order valence-corrected chi connectivity index (χ4v) is 5.91. The molecular weight excluding hydrogens is 480 g/mol. The minimum Gasteiger partial charge on any atom is -0.493 e. The molecule has 4 aliphatic rings. The van der Waals surface area contributed by atoms with E-state index in [0.717, 1.165) is 17.7 Å². The standard InChI is InChI=1S/C26H26N4O7/c31-21-26(22(32)28-23(33)27-21,30-10-8-25(9-11-30)14-29(15-25)24(34)35)17-1-3-18(4-2-17)37-19-5-6-20-16(13-19)7-12-36-20/h1-6,13H,7-12,14-15H2,(H,34,35)(H2,27,28,31,32,33). The maximum Gasteiger partial charge on any atom is 0.407 e. The quantitative estimate of drug-likeness (QED) is 0.536. The Morgan fingerprint density at radius 2 is 1.59 bits per heavy atom. The van der Waals surface area contributed by atoms with Crippen molar-refractivity contribution in [1.29, 1.82) is 0 Å². The third-order valence-electron chi connectivity index (χ3n) is 7.90. The number of amides is 5. The van der Waals surface area contributed by atoms with E-state index in [-0.39, 0.29) is 5.41 Å². The molecule has 37 heavy (non-hydrogen) atoms. The van der Waals surface area contributed by atoms with Crippen molar-refractivity contribution in [2.45, 2.75) is 24.8 Å². The van der Waals surface area contributed by atoms with Gasteiger partial charge in [0.05, 0.1) is 6.61 Å². The Labute approximate surface area is 212 Å². The highest BCUT2D eigenvalue weighted by Crippen LogP contribution is 2.44. The Bertz CT molecular complexity index is 1270. The van der Waals surface area contributed by atoms with Crippen molar-refractivity contribution in [3.8, 4) is 17.2 Å². The molecule has 0 saturated carbocycles. The van der Waals surface area contributed by atoms with Crippen molar-refractivity contribution in [1.82, 2.24) is 20.4 Å². The number of ether oxygens (including phenoxy) is 2. The molecular formula is C26H26N4O7. The summed E-state index contributed by atoms with van der Waals surface area (Å²) in [5.74, 6) is 0.638. The number of piperidine rings is 1. The monoisotopic (exact) mass is 506 g/mol. The number of barbiturate groups is 1. The summed E-state index contributed by atoms with van der Waals surface area (Å²) >= 11 is 0. The van der Waals surface area contributed by atoms with E-state index in [1.54, 1.807) is 29.2 Å². The smallest absolute Gasteiger partial charge is 0.407 e. The van der Waals surface area contributed by atoms with Crippen LogP contribution >= 0.6 is 0 Å². The molecule has 0 aromatic heterocycles. The van der Waals surface area contributed by atoms with Crippen molar-refractivity contribution in [2.75, 3.05) is 32.8 Å². The van der Waals surface area contributed by atoms with Gasteiger partial charge < -0.3 is 19.5 Å². The molecule has 4 heterocycles. The zero-order valence-corrected chi connectivity index (χ0v) is 20.0. The lowest BCUT2D eigenvalue weighted by Crippen LogP contribution is -2.73. The highest BCUT2D eigenvalue weighted by atomic mass is 16.5. The molecule has 1 spiro atoms. The number of rotatable bonds is 4. The van der Waals surface area contributed by atoms with E-state index in [1.807, 2.05) is 18.2 Å². The number of hydrogen-bond acceptors (Lipinski definition) is 7. The van der Waals surface area contributed by atoms with Gasteiger partial charge in [-0.1, -0.05) is 12.1 Å². The van der Waals surface area contributed by atoms with Gasteiger partial charge in [0.1, 0.15) is 17.2 Å². The number of hydrogen-bond donors (Lipinski definition) is 3. The third-order valence-corrected chi connectivity index (χ3v) is 7.90. The first-order valence-electron chi connectivity index (χ1n) is 12.2. The molecule has 11 nitrogen and oxygen atoms in total. The molecule has 3 saturated heterocycles. The molecule has 0 atom stereocenters.